The summed E-state index contributed by atoms with van der Waals surface area (Å²) in [7, 11) is 3.05. The summed E-state index contributed by atoms with van der Waals surface area (Å²) in [6.45, 7) is 9.47. The Kier molecular flexibility index (Phi) is 10.6. The summed E-state index contributed by atoms with van der Waals surface area (Å²) in [5, 5.41) is 0. The van der Waals surface area contributed by atoms with E-state index < -0.39 is 0 Å². The molecule has 0 saturated heterocycles. The summed E-state index contributed by atoms with van der Waals surface area (Å²) in [5.41, 5.74) is 1.32. The van der Waals surface area contributed by atoms with Gasteiger partial charge in [-0.3, -0.25) is 0 Å². The van der Waals surface area contributed by atoms with E-state index in [9.17, 15) is 0 Å². The van der Waals surface area contributed by atoms with Crippen LogP contribution in [-0.2, 0) is 0 Å². The predicted octanol–water partition coefficient (Wildman–Crippen LogP) is 6.20. The Labute approximate surface area is 113 Å². The molecular weight excluding hydrogens is 223 g/mol. The van der Waals surface area contributed by atoms with Gasteiger partial charge in [0.25, 0.3) is 0 Å². The van der Waals surface area contributed by atoms with Gasteiger partial charge in [-0.1, -0.05) is 79.1 Å². The van der Waals surface area contributed by atoms with Crippen molar-refractivity contribution in [2.24, 2.45) is 5.41 Å². The lowest BCUT2D eigenvalue weighted by Crippen LogP contribution is -2.25. The molecule has 0 aromatic carbocycles. The van der Waals surface area contributed by atoms with Gasteiger partial charge < -0.3 is 0 Å². The summed E-state index contributed by atoms with van der Waals surface area (Å²) in [5.74, 6) is 0. The lowest BCUT2D eigenvalue weighted by molar-refractivity contribution is 0.250. The van der Waals surface area contributed by atoms with Crippen LogP contribution in [0.2, 0.25) is 0 Å². The molecule has 0 heterocycles. The molecule has 104 valence electrons. The van der Waals surface area contributed by atoms with E-state index in [4.69, 9.17) is 0 Å². The van der Waals surface area contributed by atoms with Gasteiger partial charge in [-0.05, 0) is 23.9 Å². The average Bonchev–Trinajstić information content (AvgIpc) is 2.30. The quantitative estimate of drug-likeness (QED) is 0.306. The fraction of sp³-hybridized carbons (Fsp3) is 1.00. The highest BCUT2D eigenvalue weighted by molar-refractivity contribution is 7.17. The van der Waals surface area contributed by atoms with Gasteiger partial charge in [-0.2, -0.15) is 0 Å². The molecule has 0 aliphatic rings. The molecule has 0 aliphatic heterocycles. The highest BCUT2D eigenvalue weighted by Crippen LogP contribution is 2.38. The second-order valence-corrected chi connectivity index (χ2v) is 7.06. The van der Waals surface area contributed by atoms with E-state index in [1.807, 2.05) is 0 Å². The summed E-state index contributed by atoms with van der Waals surface area (Å²) >= 11 is 0. The van der Waals surface area contributed by atoms with Crippen molar-refractivity contribution in [1.82, 2.24) is 0 Å². The van der Waals surface area contributed by atoms with Crippen LogP contribution < -0.4 is 0 Å². The second kappa shape index (κ2) is 10.4. The Bertz CT molecular complexity index is 151. The first-order chi connectivity index (χ1) is 8.06. The minimum atomic E-state index is 0.562. The molecule has 0 bridgehead atoms. The zero-order valence-electron chi connectivity index (χ0n) is 12.7. The number of rotatable bonds is 11. The molecule has 0 fully saturated rings. The van der Waals surface area contributed by atoms with Gasteiger partial charge >= 0.3 is 0 Å². The van der Waals surface area contributed by atoms with Crippen molar-refractivity contribution >= 4 is 9.24 Å². The first kappa shape index (κ1) is 17.4. The van der Waals surface area contributed by atoms with Crippen molar-refractivity contribution in [1.29, 1.82) is 0 Å². The first-order valence-electron chi connectivity index (χ1n) is 7.82. The Hall–Kier alpha value is 0.430. The molecule has 0 rings (SSSR count). The molecule has 0 radical (unpaired) electrons. The van der Waals surface area contributed by atoms with E-state index in [2.05, 4.69) is 36.9 Å². The van der Waals surface area contributed by atoms with E-state index in [0.29, 0.717) is 5.41 Å². The monoisotopic (exact) mass is 258 g/mol. The molecule has 0 aromatic heterocycles. The smallest absolute Gasteiger partial charge is 0.0239 e. The number of hydrogen-bond donors (Lipinski definition) is 0. The minimum Gasteiger partial charge on any atom is -0.134 e. The van der Waals surface area contributed by atoms with Crippen LogP contribution in [0, 0.1) is 5.41 Å². The first-order valence-corrected chi connectivity index (χ1v) is 8.49. The normalized spacial score (nSPS) is 13.9. The van der Waals surface area contributed by atoms with E-state index in [1.165, 1.54) is 64.2 Å². The highest BCUT2D eigenvalue weighted by Gasteiger charge is 2.27. The third-order valence-electron chi connectivity index (χ3n) is 4.30. The van der Waals surface area contributed by atoms with Crippen LogP contribution in [0.1, 0.15) is 91.9 Å². The lowest BCUT2D eigenvalue weighted by atomic mass is 9.77. The fourth-order valence-corrected chi connectivity index (χ4v) is 2.82. The van der Waals surface area contributed by atoms with E-state index >= 15 is 0 Å². The van der Waals surface area contributed by atoms with Crippen LogP contribution in [0.25, 0.3) is 0 Å². The van der Waals surface area contributed by atoms with Gasteiger partial charge in [0.05, 0.1) is 0 Å². The molecule has 0 N–H and O–H groups in total. The summed E-state index contributed by atoms with van der Waals surface area (Å²) < 4.78 is 0. The molecule has 0 aliphatic carbocycles. The van der Waals surface area contributed by atoms with Crippen molar-refractivity contribution in [2.75, 3.05) is 0 Å². The van der Waals surface area contributed by atoms with Gasteiger partial charge in [0.1, 0.15) is 0 Å². The molecule has 0 nitrogen and oxygen atoms in total. The molecule has 1 heteroatoms. The maximum absolute atomic E-state index is 3.05. The van der Waals surface area contributed by atoms with Crippen LogP contribution in [0.3, 0.4) is 0 Å². The SMILES string of the molecule is CCCCCCC(C)(CCCCCC)C(C)P. The Morgan fingerprint density at radius 1 is 0.824 bits per heavy atom. The Morgan fingerprint density at radius 2 is 1.24 bits per heavy atom. The zero-order valence-corrected chi connectivity index (χ0v) is 13.9. The largest absolute Gasteiger partial charge is 0.134 e. The molecule has 2 atom stereocenters. The summed E-state index contributed by atoms with van der Waals surface area (Å²) in [6.07, 6.45) is 14.1. The highest BCUT2D eigenvalue weighted by atomic mass is 31.0. The Balaban J connectivity index is 3.90. The molecular formula is C16H35P. The predicted molar refractivity (Wildman–Crippen MR) is 84.8 cm³/mol. The third kappa shape index (κ3) is 8.20. The maximum atomic E-state index is 3.05. The molecule has 0 aromatic rings. The van der Waals surface area contributed by atoms with Crippen molar-refractivity contribution < 1.29 is 0 Å². The van der Waals surface area contributed by atoms with Crippen molar-refractivity contribution in [3.8, 4) is 0 Å². The third-order valence-corrected chi connectivity index (χ3v) is 5.11. The van der Waals surface area contributed by atoms with Gasteiger partial charge in [-0.15, -0.1) is 9.24 Å². The van der Waals surface area contributed by atoms with Crippen LogP contribution in [0.4, 0.5) is 0 Å². The van der Waals surface area contributed by atoms with E-state index in [0.717, 1.165) is 5.66 Å². The lowest BCUT2D eigenvalue weighted by Gasteiger charge is -2.34. The summed E-state index contributed by atoms with van der Waals surface area (Å²) in [6, 6.07) is 0. The zero-order chi connectivity index (χ0) is 13.1. The van der Waals surface area contributed by atoms with E-state index in [1.54, 1.807) is 0 Å². The standard InChI is InChI=1S/C16H35P/c1-5-7-9-11-13-16(4,15(3)17)14-12-10-8-6-2/h15H,5-14,17H2,1-4H3. The second-order valence-electron chi connectivity index (χ2n) is 6.06. The number of unbranched alkanes of at least 4 members (excludes halogenated alkanes) is 6. The molecule has 0 amide bonds. The van der Waals surface area contributed by atoms with Gasteiger partial charge in [0.2, 0.25) is 0 Å². The van der Waals surface area contributed by atoms with Gasteiger partial charge in [0.15, 0.2) is 0 Å². The summed E-state index contributed by atoms with van der Waals surface area (Å²) in [4.78, 5) is 0. The molecule has 2 unspecified atom stereocenters. The van der Waals surface area contributed by atoms with Crippen LogP contribution >= 0.6 is 9.24 Å². The topological polar surface area (TPSA) is 0 Å². The average molecular weight is 258 g/mol. The van der Waals surface area contributed by atoms with Crippen molar-refractivity contribution in [3.63, 3.8) is 0 Å². The Morgan fingerprint density at radius 3 is 1.53 bits per heavy atom. The maximum Gasteiger partial charge on any atom is -0.0239 e. The minimum absolute atomic E-state index is 0.562. The van der Waals surface area contributed by atoms with Crippen LogP contribution in [0.15, 0.2) is 0 Å². The van der Waals surface area contributed by atoms with Gasteiger partial charge in [0, 0.05) is 0 Å². The van der Waals surface area contributed by atoms with Crippen LogP contribution in [-0.4, -0.2) is 5.66 Å². The fourth-order valence-electron chi connectivity index (χ4n) is 2.49. The van der Waals surface area contributed by atoms with E-state index in [-0.39, 0.29) is 0 Å². The molecule has 17 heavy (non-hydrogen) atoms. The molecule has 0 saturated carbocycles. The van der Waals surface area contributed by atoms with Gasteiger partial charge in [-0.25, -0.2) is 0 Å². The van der Waals surface area contributed by atoms with Crippen molar-refractivity contribution in [3.05, 3.63) is 0 Å². The number of hydrogen-bond acceptors (Lipinski definition) is 0. The molecule has 0 spiro atoms. The van der Waals surface area contributed by atoms with Crippen molar-refractivity contribution in [2.45, 2.75) is 97.6 Å². The van der Waals surface area contributed by atoms with Crippen LogP contribution in [0.5, 0.6) is 0 Å².